The van der Waals surface area contributed by atoms with Crippen LogP contribution in [0.25, 0.3) is 0 Å². The SMILES string of the molecule is Cn1cc(CCC(=O)N2C[C@H]3CC[C@@H]2CN(C(=O)c2cnccn2)C3)cn1. The van der Waals surface area contributed by atoms with Crippen LogP contribution in [0.15, 0.2) is 31.0 Å². The summed E-state index contributed by atoms with van der Waals surface area (Å²) in [6, 6.07) is 0.0887. The monoisotopic (exact) mass is 368 g/mol. The van der Waals surface area contributed by atoms with Gasteiger partial charge in [-0.2, -0.15) is 5.10 Å². The molecule has 0 spiro atoms. The number of aromatic nitrogens is 4. The van der Waals surface area contributed by atoms with Crippen LogP contribution in [0, 0.1) is 5.92 Å². The number of rotatable bonds is 4. The Morgan fingerprint density at radius 1 is 1.15 bits per heavy atom. The number of carbonyl (C=O) groups excluding carboxylic acids is 2. The Bertz CT molecular complexity index is 821. The molecule has 0 radical (unpaired) electrons. The molecule has 2 aromatic heterocycles. The molecule has 0 aliphatic carbocycles. The van der Waals surface area contributed by atoms with Gasteiger partial charge in [-0.3, -0.25) is 19.3 Å². The molecule has 0 unspecified atom stereocenters. The smallest absolute Gasteiger partial charge is 0.274 e. The molecule has 142 valence electrons. The summed E-state index contributed by atoms with van der Waals surface area (Å²) in [5, 5.41) is 4.15. The highest BCUT2D eigenvalue weighted by molar-refractivity contribution is 5.92. The molecular weight excluding hydrogens is 344 g/mol. The molecule has 5 heterocycles. The molecule has 2 amide bonds. The van der Waals surface area contributed by atoms with E-state index in [-0.39, 0.29) is 17.9 Å². The summed E-state index contributed by atoms with van der Waals surface area (Å²) in [4.78, 5) is 37.6. The minimum atomic E-state index is -0.0929. The topological polar surface area (TPSA) is 84.2 Å². The standard InChI is InChI=1S/C19H24N6O2/c1-23-10-14(8-22-23)3-5-18(26)25-12-15-2-4-16(25)13-24(11-15)19(27)17-9-20-6-7-21-17/h6-10,15-16H,2-5,11-13H2,1H3/t15-,16+/m0/s1. The van der Waals surface area contributed by atoms with Gasteiger partial charge in [-0.1, -0.05) is 0 Å². The lowest BCUT2D eigenvalue weighted by molar-refractivity contribution is -0.135. The third kappa shape index (κ3) is 3.84. The predicted molar refractivity (Wildman–Crippen MR) is 97.7 cm³/mol. The van der Waals surface area contributed by atoms with E-state index in [1.165, 1.54) is 12.4 Å². The Kier molecular flexibility index (Phi) is 4.87. The highest BCUT2D eigenvalue weighted by Gasteiger charge is 2.38. The van der Waals surface area contributed by atoms with Crippen LogP contribution in [-0.4, -0.2) is 67.0 Å². The van der Waals surface area contributed by atoms with E-state index in [9.17, 15) is 9.59 Å². The van der Waals surface area contributed by atoms with Gasteiger partial charge in [0.1, 0.15) is 5.69 Å². The first-order valence-corrected chi connectivity index (χ1v) is 9.42. The lowest BCUT2D eigenvalue weighted by Crippen LogP contribution is -2.47. The van der Waals surface area contributed by atoms with Gasteiger partial charge >= 0.3 is 0 Å². The van der Waals surface area contributed by atoms with Crippen molar-refractivity contribution in [2.75, 3.05) is 19.6 Å². The van der Waals surface area contributed by atoms with E-state index in [0.717, 1.165) is 24.9 Å². The molecule has 2 atom stereocenters. The van der Waals surface area contributed by atoms with Crippen molar-refractivity contribution in [3.8, 4) is 0 Å². The zero-order valence-electron chi connectivity index (χ0n) is 15.5. The molecule has 0 saturated carbocycles. The number of nitrogens with zero attached hydrogens (tertiary/aromatic N) is 6. The van der Waals surface area contributed by atoms with Gasteiger partial charge in [0.15, 0.2) is 0 Å². The molecule has 3 aliphatic heterocycles. The Hall–Kier alpha value is -2.77. The minimum Gasteiger partial charge on any atom is -0.338 e. The summed E-state index contributed by atoms with van der Waals surface area (Å²) >= 11 is 0. The molecule has 0 aromatic carbocycles. The lowest BCUT2D eigenvalue weighted by atomic mass is 9.94. The van der Waals surface area contributed by atoms with E-state index in [2.05, 4.69) is 15.1 Å². The van der Waals surface area contributed by atoms with E-state index in [1.54, 1.807) is 10.9 Å². The maximum absolute atomic E-state index is 12.8. The third-order valence-electron chi connectivity index (χ3n) is 5.49. The number of amides is 2. The van der Waals surface area contributed by atoms with Gasteiger partial charge < -0.3 is 9.80 Å². The number of hydrogen-bond donors (Lipinski definition) is 0. The molecule has 8 nitrogen and oxygen atoms in total. The molecule has 3 aliphatic rings. The summed E-state index contributed by atoms with van der Waals surface area (Å²) in [5.41, 5.74) is 1.44. The summed E-state index contributed by atoms with van der Waals surface area (Å²) < 4.78 is 1.75. The Morgan fingerprint density at radius 2 is 2.04 bits per heavy atom. The maximum atomic E-state index is 12.8. The zero-order valence-corrected chi connectivity index (χ0v) is 15.5. The van der Waals surface area contributed by atoms with Crippen molar-refractivity contribution in [2.24, 2.45) is 13.0 Å². The lowest BCUT2D eigenvalue weighted by Gasteiger charge is -2.36. The first kappa shape index (κ1) is 17.6. The van der Waals surface area contributed by atoms with E-state index < -0.39 is 0 Å². The van der Waals surface area contributed by atoms with Crippen molar-refractivity contribution >= 4 is 11.8 Å². The fourth-order valence-electron chi connectivity index (χ4n) is 4.12. The Balaban J connectivity index is 1.42. The molecule has 2 bridgehead atoms. The average Bonchev–Trinajstić information content (AvgIpc) is 2.91. The largest absolute Gasteiger partial charge is 0.338 e. The molecule has 2 aromatic rings. The number of piperidine rings is 1. The van der Waals surface area contributed by atoms with Crippen LogP contribution in [0.2, 0.25) is 0 Å². The van der Waals surface area contributed by atoms with Crippen LogP contribution in [-0.2, 0) is 18.3 Å². The molecule has 8 heteroatoms. The van der Waals surface area contributed by atoms with Crippen LogP contribution in [0.5, 0.6) is 0 Å². The zero-order chi connectivity index (χ0) is 18.8. The number of aryl methyl sites for hydroxylation is 2. The van der Waals surface area contributed by atoms with E-state index in [0.29, 0.717) is 37.5 Å². The molecule has 5 rings (SSSR count). The quantitative estimate of drug-likeness (QED) is 0.801. The maximum Gasteiger partial charge on any atom is 0.274 e. The number of hydrogen-bond acceptors (Lipinski definition) is 5. The first-order chi connectivity index (χ1) is 13.1. The van der Waals surface area contributed by atoms with Crippen molar-refractivity contribution in [3.05, 3.63) is 42.2 Å². The van der Waals surface area contributed by atoms with Gasteiger partial charge in [-0.05, 0) is 30.7 Å². The van der Waals surface area contributed by atoms with Crippen LogP contribution in [0.3, 0.4) is 0 Å². The van der Waals surface area contributed by atoms with Gasteiger partial charge in [-0.25, -0.2) is 4.98 Å². The summed E-state index contributed by atoms with van der Waals surface area (Å²) in [6.45, 7) is 1.99. The van der Waals surface area contributed by atoms with Crippen LogP contribution in [0.4, 0.5) is 0 Å². The highest BCUT2D eigenvalue weighted by atomic mass is 16.2. The summed E-state index contributed by atoms with van der Waals surface area (Å²) in [6.07, 6.45) is 11.5. The molecule has 27 heavy (non-hydrogen) atoms. The second-order valence-electron chi connectivity index (χ2n) is 7.47. The second kappa shape index (κ2) is 7.46. The number of carbonyl (C=O) groups is 2. The van der Waals surface area contributed by atoms with E-state index in [1.807, 2.05) is 29.2 Å². The van der Waals surface area contributed by atoms with Gasteiger partial charge in [0.05, 0.1) is 12.4 Å². The van der Waals surface area contributed by atoms with Gasteiger partial charge in [0.25, 0.3) is 5.91 Å². The Morgan fingerprint density at radius 3 is 2.78 bits per heavy atom. The van der Waals surface area contributed by atoms with Gasteiger partial charge in [0.2, 0.25) is 5.91 Å². The van der Waals surface area contributed by atoms with Gasteiger partial charge in [-0.15, -0.1) is 0 Å². The van der Waals surface area contributed by atoms with Crippen LogP contribution in [0.1, 0.15) is 35.3 Å². The van der Waals surface area contributed by atoms with Crippen molar-refractivity contribution in [2.45, 2.75) is 31.7 Å². The first-order valence-electron chi connectivity index (χ1n) is 9.42. The highest BCUT2D eigenvalue weighted by Crippen LogP contribution is 2.29. The van der Waals surface area contributed by atoms with Crippen LogP contribution < -0.4 is 0 Å². The fourth-order valence-corrected chi connectivity index (χ4v) is 4.12. The molecule has 3 saturated heterocycles. The van der Waals surface area contributed by atoms with Crippen molar-refractivity contribution in [3.63, 3.8) is 0 Å². The molecule has 3 fully saturated rings. The van der Waals surface area contributed by atoms with Crippen LogP contribution >= 0.6 is 0 Å². The van der Waals surface area contributed by atoms with Crippen molar-refractivity contribution < 1.29 is 9.59 Å². The third-order valence-corrected chi connectivity index (χ3v) is 5.49. The summed E-state index contributed by atoms with van der Waals surface area (Å²) in [7, 11) is 1.88. The molecular formula is C19H24N6O2. The van der Waals surface area contributed by atoms with Crippen molar-refractivity contribution in [1.29, 1.82) is 0 Å². The number of fused-ring (bicyclic) bond motifs is 4. The second-order valence-corrected chi connectivity index (χ2v) is 7.47. The normalized spacial score (nSPS) is 22.0. The van der Waals surface area contributed by atoms with Gasteiger partial charge in [0, 0.05) is 57.7 Å². The van der Waals surface area contributed by atoms with Crippen molar-refractivity contribution in [1.82, 2.24) is 29.5 Å². The predicted octanol–water partition coefficient (Wildman–Crippen LogP) is 0.906. The van der Waals surface area contributed by atoms with E-state index in [4.69, 9.17) is 0 Å². The van der Waals surface area contributed by atoms with E-state index >= 15 is 0 Å². The Labute approximate surface area is 158 Å². The minimum absolute atomic E-state index is 0.0887. The average molecular weight is 368 g/mol. The summed E-state index contributed by atoms with van der Waals surface area (Å²) in [5.74, 6) is 0.402. The molecule has 0 N–H and O–H groups in total. The fraction of sp³-hybridized carbons (Fsp3) is 0.526.